The Kier molecular flexibility index (Phi) is 6.44. The molecule has 0 saturated heterocycles. The molecular formula is C15H23NO2. The molecule has 0 aliphatic rings. The molecule has 0 fully saturated rings. The molecule has 1 aromatic rings. The van der Waals surface area contributed by atoms with Gasteiger partial charge < -0.3 is 10.1 Å². The molecule has 3 nitrogen and oxygen atoms in total. The van der Waals surface area contributed by atoms with E-state index in [1.807, 2.05) is 24.3 Å². The normalized spacial score (nSPS) is 12.2. The molecule has 0 heterocycles. The zero-order valence-electron chi connectivity index (χ0n) is 11.5. The summed E-state index contributed by atoms with van der Waals surface area (Å²) in [5.41, 5.74) is 0.668. The van der Waals surface area contributed by atoms with E-state index >= 15 is 0 Å². The number of para-hydroxylation sites is 1. The molecule has 100 valence electrons. The highest BCUT2D eigenvalue weighted by Gasteiger charge is 2.12. The molecule has 18 heavy (non-hydrogen) atoms. The predicted molar refractivity (Wildman–Crippen MR) is 74.3 cm³/mol. The van der Waals surface area contributed by atoms with Gasteiger partial charge in [0.1, 0.15) is 5.75 Å². The molecule has 3 heteroatoms. The molecule has 1 N–H and O–H groups in total. The third-order valence-electron chi connectivity index (χ3n) is 2.87. The van der Waals surface area contributed by atoms with Crippen molar-refractivity contribution in [2.75, 3.05) is 13.2 Å². The number of benzene rings is 1. The smallest absolute Gasteiger partial charge is 0.180 e. The SMILES string of the molecule is CCCOc1ccccc1C(=O)CNC(C)CC. The Morgan fingerprint density at radius 2 is 2.06 bits per heavy atom. The van der Waals surface area contributed by atoms with Crippen molar-refractivity contribution in [3.05, 3.63) is 29.8 Å². The van der Waals surface area contributed by atoms with Gasteiger partial charge in [-0.15, -0.1) is 0 Å². The van der Waals surface area contributed by atoms with Crippen LogP contribution in [0, 0.1) is 0 Å². The fourth-order valence-electron chi connectivity index (χ4n) is 1.54. The van der Waals surface area contributed by atoms with Gasteiger partial charge in [-0.05, 0) is 31.9 Å². The van der Waals surface area contributed by atoms with E-state index in [0.717, 1.165) is 12.8 Å². The summed E-state index contributed by atoms with van der Waals surface area (Å²) in [5, 5.41) is 3.21. The Labute approximate surface area is 110 Å². The molecule has 0 aromatic heterocycles. The minimum atomic E-state index is 0.0852. The minimum absolute atomic E-state index is 0.0852. The number of carbonyl (C=O) groups is 1. The van der Waals surface area contributed by atoms with E-state index < -0.39 is 0 Å². The van der Waals surface area contributed by atoms with E-state index in [9.17, 15) is 4.79 Å². The maximum atomic E-state index is 12.1. The molecule has 0 saturated carbocycles. The van der Waals surface area contributed by atoms with Crippen LogP contribution < -0.4 is 10.1 Å². The first-order chi connectivity index (χ1) is 8.69. The summed E-state index contributed by atoms with van der Waals surface area (Å²) in [6, 6.07) is 7.80. The van der Waals surface area contributed by atoms with Crippen molar-refractivity contribution in [3.8, 4) is 5.75 Å². The summed E-state index contributed by atoms with van der Waals surface area (Å²) in [4.78, 5) is 12.1. The van der Waals surface area contributed by atoms with E-state index in [1.54, 1.807) is 0 Å². The first-order valence-corrected chi connectivity index (χ1v) is 6.67. The molecule has 1 atom stereocenters. The van der Waals surface area contributed by atoms with Crippen molar-refractivity contribution in [2.45, 2.75) is 39.7 Å². The van der Waals surface area contributed by atoms with Crippen molar-refractivity contribution in [2.24, 2.45) is 0 Å². The number of hydrogen-bond donors (Lipinski definition) is 1. The van der Waals surface area contributed by atoms with Gasteiger partial charge in [0.2, 0.25) is 0 Å². The van der Waals surface area contributed by atoms with Gasteiger partial charge in [-0.3, -0.25) is 4.79 Å². The highest BCUT2D eigenvalue weighted by Crippen LogP contribution is 2.18. The summed E-state index contributed by atoms with van der Waals surface area (Å²) in [7, 11) is 0. The zero-order chi connectivity index (χ0) is 13.4. The van der Waals surface area contributed by atoms with E-state index in [4.69, 9.17) is 4.74 Å². The lowest BCUT2D eigenvalue weighted by atomic mass is 10.1. The molecule has 0 bridgehead atoms. The van der Waals surface area contributed by atoms with Crippen molar-refractivity contribution in [1.82, 2.24) is 5.32 Å². The summed E-state index contributed by atoms with van der Waals surface area (Å²) in [6.45, 7) is 7.23. The number of nitrogens with one attached hydrogen (secondary N) is 1. The third-order valence-corrected chi connectivity index (χ3v) is 2.87. The lowest BCUT2D eigenvalue weighted by Crippen LogP contribution is -2.31. The maximum absolute atomic E-state index is 12.1. The van der Waals surface area contributed by atoms with Gasteiger partial charge >= 0.3 is 0 Å². The van der Waals surface area contributed by atoms with Gasteiger partial charge in [-0.1, -0.05) is 26.0 Å². The first kappa shape index (κ1) is 14.7. The highest BCUT2D eigenvalue weighted by atomic mass is 16.5. The molecule has 0 spiro atoms. The second kappa shape index (κ2) is 7.88. The summed E-state index contributed by atoms with van der Waals surface area (Å²) in [5.74, 6) is 0.775. The standard InChI is InChI=1S/C15H23NO2/c1-4-10-18-15-9-7-6-8-13(15)14(17)11-16-12(3)5-2/h6-9,12,16H,4-5,10-11H2,1-3H3. The van der Waals surface area contributed by atoms with Crippen LogP contribution in [0.5, 0.6) is 5.75 Å². The van der Waals surface area contributed by atoms with E-state index in [0.29, 0.717) is 30.5 Å². The van der Waals surface area contributed by atoms with E-state index in [2.05, 4.69) is 26.1 Å². The second-order valence-electron chi connectivity index (χ2n) is 4.46. The molecule has 0 amide bonds. The number of hydrogen-bond acceptors (Lipinski definition) is 3. The molecular weight excluding hydrogens is 226 g/mol. The number of rotatable bonds is 8. The maximum Gasteiger partial charge on any atom is 0.180 e. The van der Waals surface area contributed by atoms with Crippen LogP contribution in [0.1, 0.15) is 44.0 Å². The molecule has 0 aliphatic heterocycles. The Hall–Kier alpha value is -1.35. The van der Waals surface area contributed by atoms with Gasteiger partial charge in [0, 0.05) is 6.04 Å². The van der Waals surface area contributed by atoms with Crippen LogP contribution in [0.3, 0.4) is 0 Å². The predicted octanol–water partition coefficient (Wildman–Crippen LogP) is 3.05. The molecule has 1 aromatic carbocycles. The fourth-order valence-corrected chi connectivity index (χ4v) is 1.54. The molecule has 1 rings (SSSR count). The molecule has 0 radical (unpaired) electrons. The lowest BCUT2D eigenvalue weighted by Gasteiger charge is -2.13. The largest absolute Gasteiger partial charge is 0.493 e. The second-order valence-corrected chi connectivity index (χ2v) is 4.46. The van der Waals surface area contributed by atoms with E-state index in [1.165, 1.54) is 0 Å². The van der Waals surface area contributed by atoms with E-state index in [-0.39, 0.29) is 5.78 Å². The minimum Gasteiger partial charge on any atom is -0.493 e. The summed E-state index contributed by atoms with van der Waals surface area (Å²) >= 11 is 0. The van der Waals surface area contributed by atoms with Gasteiger partial charge in [0.15, 0.2) is 5.78 Å². The number of carbonyl (C=O) groups excluding carboxylic acids is 1. The molecule has 0 aliphatic carbocycles. The van der Waals surface area contributed by atoms with Crippen molar-refractivity contribution in [1.29, 1.82) is 0 Å². The number of ether oxygens (including phenoxy) is 1. The van der Waals surface area contributed by atoms with Gasteiger partial charge in [0.25, 0.3) is 0 Å². The van der Waals surface area contributed by atoms with Crippen LogP contribution in [0.25, 0.3) is 0 Å². The molecule has 1 unspecified atom stereocenters. The topological polar surface area (TPSA) is 38.3 Å². The van der Waals surface area contributed by atoms with Crippen LogP contribution in [-0.4, -0.2) is 25.0 Å². The first-order valence-electron chi connectivity index (χ1n) is 6.67. The Balaban J connectivity index is 2.66. The van der Waals surface area contributed by atoms with Crippen LogP contribution >= 0.6 is 0 Å². The third kappa shape index (κ3) is 4.49. The van der Waals surface area contributed by atoms with Gasteiger partial charge in [-0.25, -0.2) is 0 Å². The van der Waals surface area contributed by atoms with Crippen molar-refractivity contribution in [3.63, 3.8) is 0 Å². The Morgan fingerprint density at radius 1 is 1.33 bits per heavy atom. The van der Waals surface area contributed by atoms with Crippen LogP contribution in [0.4, 0.5) is 0 Å². The highest BCUT2D eigenvalue weighted by molar-refractivity contribution is 6.00. The number of Topliss-reactive ketones (excluding diaryl/α,β-unsaturated/α-hetero) is 1. The summed E-state index contributed by atoms with van der Waals surface area (Å²) < 4.78 is 5.59. The Morgan fingerprint density at radius 3 is 2.72 bits per heavy atom. The van der Waals surface area contributed by atoms with Crippen LogP contribution in [-0.2, 0) is 0 Å². The van der Waals surface area contributed by atoms with Crippen molar-refractivity contribution >= 4 is 5.78 Å². The van der Waals surface area contributed by atoms with Crippen LogP contribution in [0.15, 0.2) is 24.3 Å². The lowest BCUT2D eigenvalue weighted by molar-refractivity contribution is 0.0983. The summed E-state index contributed by atoms with van der Waals surface area (Å²) in [6.07, 6.45) is 1.95. The monoisotopic (exact) mass is 249 g/mol. The van der Waals surface area contributed by atoms with Crippen LogP contribution in [0.2, 0.25) is 0 Å². The Bertz CT molecular complexity index is 377. The zero-order valence-corrected chi connectivity index (χ0v) is 11.5. The average molecular weight is 249 g/mol. The average Bonchev–Trinajstić information content (AvgIpc) is 2.42. The fraction of sp³-hybridized carbons (Fsp3) is 0.533. The van der Waals surface area contributed by atoms with Gasteiger partial charge in [-0.2, -0.15) is 0 Å². The van der Waals surface area contributed by atoms with Crippen molar-refractivity contribution < 1.29 is 9.53 Å². The number of ketones is 1. The quantitative estimate of drug-likeness (QED) is 0.720. The van der Waals surface area contributed by atoms with Gasteiger partial charge in [0.05, 0.1) is 18.7 Å².